The predicted molar refractivity (Wildman–Crippen MR) is 86.3 cm³/mol. The molecule has 3 rings (SSSR count). The fourth-order valence-corrected chi connectivity index (χ4v) is 2.67. The molecule has 1 heteroatoms. The maximum Gasteiger partial charge on any atom is 0.0403 e. The van der Waals surface area contributed by atoms with Crippen LogP contribution in [0.15, 0.2) is 48.5 Å². The van der Waals surface area contributed by atoms with E-state index in [0.717, 1.165) is 12.5 Å². The predicted octanol–water partition coefficient (Wildman–Crippen LogP) is 5.30. The second-order valence-electron chi connectivity index (χ2n) is 6.10. The lowest BCUT2D eigenvalue weighted by molar-refractivity contribution is 0.866. The van der Waals surface area contributed by atoms with Crippen molar-refractivity contribution in [3.05, 3.63) is 65.2 Å². The molecule has 0 bridgehead atoms. The monoisotopic (exact) mass is 265 g/mol. The highest BCUT2D eigenvalue weighted by Crippen LogP contribution is 2.41. The van der Waals surface area contributed by atoms with Gasteiger partial charge < -0.3 is 5.32 Å². The van der Waals surface area contributed by atoms with Crippen LogP contribution in [0.5, 0.6) is 0 Å². The normalized spacial score (nSPS) is 14.6. The Balaban J connectivity index is 1.67. The second kappa shape index (κ2) is 5.70. The number of hydrogen-bond donors (Lipinski definition) is 1. The average Bonchev–Trinajstić information content (AvgIpc) is 3.30. The number of nitrogens with one attached hydrogen (secondary N) is 1. The van der Waals surface area contributed by atoms with Gasteiger partial charge in [-0.3, -0.25) is 0 Å². The van der Waals surface area contributed by atoms with E-state index in [4.69, 9.17) is 0 Å². The van der Waals surface area contributed by atoms with Crippen LogP contribution >= 0.6 is 0 Å². The first-order valence-electron chi connectivity index (χ1n) is 7.65. The van der Waals surface area contributed by atoms with Gasteiger partial charge in [-0.05, 0) is 53.5 Å². The number of hydrogen-bond acceptors (Lipinski definition) is 1. The minimum atomic E-state index is 0.597. The molecular formula is C19H23N. The molecule has 0 spiro atoms. The molecule has 1 aliphatic rings. The molecule has 1 saturated carbocycles. The standard InChI is InChI=1S/C19H23N/c1-14(2)15-9-11-18(12-10-15)20-13-17-5-3-4-6-19(17)16-7-8-16/h3-6,9-12,14,16,20H,7-8,13H2,1-2H3. The highest BCUT2D eigenvalue weighted by atomic mass is 14.9. The lowest BCUT2D eigenvalue weighted by Gasteiger charge is -2.12. The number of rotatable bonds is 5. The molecule has 104 valence electrons. The number of anilines is 1. The molecule has 0 saturated heterocycles. The van der Waals surface area contributed by atoms with Crippen molar-refractivity contribution in [1.82, 2.24) is 0 Å². The highest BCUT2D eigenvalue weighted by molar-refractivity contribution is 5.46. The minimum Gasteiger partial charge on any atom is -0.381 e. The van der Waals surface area contributed by atoms with Crippen molar-refractivity contribution in [2.75, 3.05) is 5.32 Å². The molecule has 2 aromatic rings. The van der Waals surface area contributed by atoms with Crippen molar-refractivity contribution in [2.45, 2.75) is 45.1 Å². The van der Waals surface area contributed by atoms with Gasteiger partial charge in [0, 0.05) is 12.2 Å². The van der Waals surface area contributed by atoms with Crippen LogP contribution in [-0.2, 0) is 6.54 Å². The van der Waals surface area contributed by atoms with Gasteiger partial charge in [0.15, 0.2) is 0 Å². The fraction of sp³-hybridized carbons (Fsp3) is 0.368. The molecule has 1 aliphatic carbocycles. The molecule has 1 nitrogen and oxygen atoms in total. The molecule has 0 unspecified atom stereocenters. The Kier molecular flexibility index (Phi) is 3.77. The van der Waals surface area contributed by atoms with Crippen LogP contribution in [0.2, 0.25) is 0 Å². The lowest BCUT2D eigenvalue weighted by Crippen LogP contribution is -2.02. The Morgan fingerprint density at radius 2 is 1.70 bits per heavy atom. The summed E-state index contributed by atoms with van der Waals surface area (Å²) in [7, 11) is 0. The molecule has 1 N–H and O–H groups in total. The summed E-state index contributed by atoms with van der Waals surface area (Å²) in [6.07, 6.45) is 2.72. The molecule has 20 heavy (non-hydrogen) atoms. The lowest BCUT2D eigenvalue weighted by atomic mass is 10.0. The average molecular weight is 265 g/mol. The first-order valence-corrected chi connectivity index (χ1v) is 7.65. The van der Waals surface area contributed by atoms with Crippen LogP contribution in [0.3, 0.4) is 0 Å². The largest absolute Gasteiger partial charge is 0.381 e. The van der Waals surface area contributed by atoms with Crippen molar-refractivity contribution in [3.8, 4) is 0 Å². The Labute approximate surface area is 122 Å². The molecule has 1 fully saturated rings. The molecule has 0 aromatic heterocycles. The number of benzene rings is 2. The van der Waals surface area contributed by atoms with Crippen molar-refractivity contribution >= 4 is 5.69 Å². The Hall–Kier alpha value is -1.76. The molecule has 0 atom stereocenters. The zero-order valence-corrected chi connectivity index (χ0v) is 12.4. The summed E-state index contributed by atoms with van der Waals surface area (Å²) >= 11 is 0. The van der Waals surface area contributed by atoms with Gasteiger partial charge in [0.1, 0.15) is 0 Å². The van der Waals surface area contributed by atoms with E-state index >= 15 is 0 Å². The van der Waals surface area contributed by atoms with Gasteiger partial charge in [-0.2, -0.15) is 0 Å². The van der Waals surface area contributed by atoms with Crippen molar-refractivity contribution in [1.29, 1.82) is 0 Å². The quantitative estimate of drug-likeness (QED) is 0.773. The summed E-state index contributed by atoms with van der Waals surface area (Å²) < 4.78 is 0. The summed E-state index contributed by atoms with van der Waals surface area (Å²) in [5, 5.41) is 3.55. The van der Waals surface area contributed by atoms with Crippen LogP contribution in [0.4, 0.5) is 5.69 Å². The molecule has 0 aliphatic heterocycles. The van der Waals surface area contributed by atoms with Crippen LogP contribution in [-0.4, -0.2) is 0 Å². The van der Waals surface area contributed by atoms with Gasteiger partial charge in [0.2, 0.25) is 0 Å². The first kappa shape index (κ1) is 13.2. The summed E-state index contributed by atoms with van der Waals surface area (Å²) in [6, 6.07) is 17.7. The third-order valence-corrected chi connectivity index (χ3v) is 4.13. The summed E-state index contributed by atoms with van der Waals surface area (Å²) in [4.78, 5) is 0. The van der Waals surface area contributed by atoms with Crippen LogP contribution in [0.1, 0.15) is 55.2 Å². The third-order valence-electron chi connectivity index (χ3n) is 4.13. The van der Waals surface area contributed by atoms with E-state index in [-0.39, 0.29) is 0 Å². The first-order chi connectivity index (χ1) is 9.74. The topological polar surface area (TPSA) is 12.0 Å². The molecule has 0 heterocycles. The van der Waals surface area contributed by atoms with E-state index < -0.39 is 0 Å². The second-order valence-corrected chi connectivity index (χ2v) is 6.10. The third kappa shape index (κ3) is 3.04. The maximum absolute atomic E-state index is 3.55. The Morgan fingerprint density at radius 3 is 2.35 bits per heavy atom. The van der Waals surface area contributed by atoms with E-state index in [2.05, 4.69) is 67.7 Å². The summed E-state index contributed by atoms with van der Waals surface area (Å²) in [5.74, 6) is 1.41. The van der Waals surface area contributed by atoms with E-state index in [9.17, 15) is 0 Å². The Morgan fingerprint density at radius 1 is 1.00 bits per heavy atom. The molecular weight excluding hydrogens is 242 g/mol. The maximum atomic E-state index is 3.55. The highest BCUT2D eigenvalue weighted by Gasteiger charge is 2.25. The minimum absolute atomic E-state index is 0.597. The van der Waals surface area contributed by atoms with E-state index in [1.165, 1.54) is 29.7 Å². The van der Waals surface area contributed by atoms with Gasteiger partial charge in [-0.15, -0.1) is 0 Å². The smallest absolute Gasteiger partial charge is 0.0403 e. The molecule has 2 aromatic carbocycles. The van der Waals surface area contributed by atoms with Crippen LogP contribution in [0, 0.1) is 0 Å². The van der Waals surface area contributed by atoms with E-state index in [1.54, 1.807) is 5.56 Å². The van der Waals surface area contributed by atoms with Crippen LogP contribution in [0.25, 0.3) is 0 Å². The van der Waals surface area contributed by atoms with E-state index in [0.29, 0.717) is 5.92 Å². The molecule has 0 radical (unpaired) electrons. The van der Waals surface area contributed by atoms with Gasteiger partial charge in [0.05, 0.1) is 0 Å². The zero-order valence-electron chi connectivity index (χ0n) is 12.4. The van der Waals surface area contributed by atoms with Gasteiger partial charge in [0.25, 0.3) is 0 Å². The zero-order chi connectivity index (χ0) is 13.9. The van der Waals surface area contributed by atoms with Crippen molar-refractivity contribution in [2.24, 2.45) is 0 Å². The van der Waals surface area contributed by atoms with E-state index in [1.807, 2.05) is 0 Å². The fourth-order valence-electron chi connectivity index (χ4n) is 2.67. The van der Waals surface area contributed by atoms with Gasteiger partial charge in [-0.25, -0.2) is 0 Å². The van der Waals surface area contributed by atoms with Crippen molar-refractivity contribution in [3.63, 3.8) is 0 Å². The van der Waals surface area contributed by atoms with Crippen molar-refractivity contribution < 1.29 is 0 Å². The summed E-state index contributed by atoms with van der Waals surface area (Å²) in [6.45, 7) is 5.39. The SMILES string of the molecule is CC(C)c1ccc(NCc2ccccc2C2CC2)cc1. The van der Waals surface area contributed by atoms with Gasteiger partial charge in [-0.1, -0.05) is 50.2 Å². The van der Waals surface area contributed by atoms with Gasteiger partial charge >= 0.3 is 0 Å². The summed E-state index contributed by atoms with van der Waals surface area (Å²) in [5.41, 5.74) is 5.59. The molecule has 0 amide bonds. The Bertz CT molecular complexity index is 565. The van der Waals surface area contributed by atoms with Crippen LogP contribution < -0.4 is 5.32 Å².